The van der Waals surface area contributed by atoms with E-state index in [2.05, 4.69) is 4.74 Å². The van der Waals surface area contributed by atoms with E-state index in [-0.39, 0.29) is 0 Å². The van der Waals surface area contributed by atoms with E-state index in [1.165, 1.54) is 23.7 Å². The molecule has 2 heteroatoms. The van der Waals surface area contributed by atoms with Gasteiger partial charge in [-0.05, 0) is 69.1 Å². The minimum absolute atomic E-state index is 0.431. The van der Waals surface area contributed by atoms with Crippen molar-refractivity contribution in [1.82, 2.24) is 0 Å². The summed E-state index contributed by atoms with van der Waals surface area (Å²) in [6, 6.07) is 0. The molecule has 0 radical (unpaired) electrons. The number of carbonyl (C=O) groups excluding carboxylic acids is 1. The van der Waals surface area contributed by atoms with Gasteiger partial charge < -0.3 is 4.74 Å². The third kappa shape index (κ3) is 2.73. The highest BCUT2D eigenvalue weighted by molar-refractivity contribution is 5.36. The Morgan fingerprint density at radius 3 is 1.40 bits per heavy atom. The molecule has 0 atom stereocenters. The van der Waals surface area contributed by atoms with Crippen molar-refractivity contribution in [3.63, 3.8) is 0 Å². The highest BCUT2D eigenvalue weighted by Crippen LogP contribution is 2.53. The second kappa shape index (κ2) is 5.00. The first-order valence-electron chi connectivity index (χ1n) is 6.37. The van der Waals surface area contributed by atoms with E-state index in [0.717, 1.165) is 0 Å². The lowest BCUT2D eigenvalue weighted by Gasteiger charge is -2.49. The van der Waals surface area contributed by atoms with Gasteiger partial charge in [0.1, 0.15) is 0 Å². The lowest BCUT2D eigenvalue weighted by atomic mass is 9.56. The Hall–Kier alpha value is -0.530. The molecule has 0 heterocycles. The molecular formula is C13H22O2. The van der Waals surface area contributed by atoms with Crippen molar-refractivity contribution in [3.8, 4) is 0 Å². The fourth-order valence-corrected chi connectivity index (χ4v) is 4.05. The van der Waals surface area contributed by atoms with Gasteiger partial charge in [-0.1, -0.05) is 0 Å². The molecular weight excluding hydrogens is 188 g/mol. The zero-order valence-electron chi connectivity index (χ0n) is 9.65. The molecule has 0 spiro atoms. The van der Waals surface area contributed by atoms with Crippen LogP contribution in [-0.4, -0.2) is 13.1 Å². The highest BCUT2D eigenvalue weighted by atomic mass is 16.5. The third-order valence-electron chi connectivity index (χ3n) is 4.23. The minimum atomic E-state index is 0.431. The highest BCUT2D eigenvalue weighted by Gasteiger charge is 2.41. The number of carbonyl (C=O) groups is 1. The van der Waals surface area contributed by atoms with Crippen molar-refractivity contribution in [1.29, 1.82) is 0 Å². The van der Waals surface area contributed by atoms with Crippen LogP contribution in [0.3, 0.4) is 0 Å². The predicted molar refractivity (Wildman–Crippen MR) is 59.4 cm³/mol. The van der Waals surface area contributed by atoms with Crippen LogP contribution in [0.4, 0.5) is 0 Å². The van der Waals surface area contributed by atoms with Crippen LogP contribution in [0.1, 0.15) is 45.4 Å². The second-order valence-electron chi connectivity index (χ2n) is 5.43. The van der Waals surface area contributed by atoms with Gasteiger partial charge in [0.15, 0.2) is 0 Å². The van der Waals surface area contributed by atoms with Crippen molar-refractivity contribution in [2.75, 3.05) is 6.61 Å². The summed E-state index contributed by atoms with van der Waals surface area (Å²) in [5.74, 6) is 4.71. The molecule has 86 valence electrons. The molecule has 0 aromatic heterocycles. The van der Waals surface area contributed by atoms with E-state index in [1.54, 1.807) is 45.4 Å². The second-order valence-corrected chi connectivity index (χ2v) is 5.43. The van der Waals surface area contributed by atoms with E-state index in [0.29, 0.717) is 13.1 Å². The number of rotatable bonds is 2. The molecule has 15 heavy (non-hydrogen) atoms. The molecule has 4 aliphatic carbocycles. The van der Waals surface area contributed by atoms with E-state index >= 15 is 0 Å². The Balaban J connectivity index is 0.000000149. The SMILES string of the molecule is C1C2CC3CC1CC(C2)C3.CCOC=O. The first-order valence-corrected chi connectivity index (χ1v) is 6.37. The summed E-state index contributed by atoms with van der Waals surface area (Å²) in [7, 11) is 0. The molecule has 0 amide bonds. The zero-order chi connectivity index (χ0) is 10.7. The summed E-state index contributed by atoms with van der Waals surface area (Å²) in [5, 5.41) is 0. The zero-order valence-corrected chi connectivity index (χ0v) is 9.65. The molecule has 0 N–H and O–H groups in total. The normalized spacial score (nSPS) is 40.6. The summed E-state index contributed by atoms with van der Waals surface area (Å²) in [4.78, 5) is 9.18. The van der Waals surface area contributed by atoms with Crippen LogP contribution in [-0.2, 0) is 9.53 Å². The minimum Gasteiger partial charge on any atom is -0.468 e. The van der Waals surface area contributed by atoms with Crippen molar-refractivity contribution in [3.05, 3.63) is 0 Å². The molecule has 2 nitrogen and oxygen atoms in total. The summed E-state index contributed by atoms with van der Waals surface area (Å²) in [5.41, 5.74) is 0. The first-order chi connectivity index (χ1) is 7.31. The molecule has 0 unspecified atom stereocenters. The fraction of sp³-hybridized carbons (Fsp3) is 0.923. The molecule has 4 fully saturated rings. The molecule has 0 aromatic rings. The maximum Gasteiger partial charge on any atom is 0.293 e. The molecule has 4 saturated carbocycles. The summed E-state index contributed by atoms with van der Waals surface area (Å²) in [6.45, 7) is 2.66. The van der Waals surface area contributed by atoms with Crippen LogP contribution < -0.4 is 0 Å². The molecule has 0 aromatic carbocycles. The maximum absolute atomic E-state index is 9.18. The van der Waals surface area contributed by atoms with Gasteiger partial charge in [-0.15, -0.1) is 0 Å². The first kappa shape index (κ1) is 11.0. The van der Waals surface area contributed by atoms with Crippen LogP contribution in [0, 0.1) is 23.7 Å². The smallest absolute Gasteiger partial charge is 0.293 e. The Bertz CT molecular complexity index is 156. The van der Waals surface area contributed by atoms with Crippen LogP contribution in [0.2, 0.25) is 0 Å². The standard InChI is InChI=1S/C10H16.C3H6O2/c1-7-2-9-4-8(1)5-10(3-7)6-9;1-2-5-3-4/h7-10H,1-6H2;3H,2H2,1H3. The predicted octanol–water partition coefficient (Wildman–Crippen LogP) is 3.01. The monoisotopic (exact) mass is 210 g/mol. The Labute approximate surface area is 92.4 Å². The van der Waals surface area contributed by atoms with E-state index < -0.39 is 0 Å². The topological polar surface area (TPSA) is 26.3 Å². The lowest BCUT2D eigenvalue weighted by Crippen LogP contribution is -2.38. The Morgan fingerprint density at radius 2 is 1.27 bits per heavy atom. The average Bonchev–Trinajstić information content (AvgIpc) is 2.17. The van der Waals surface area contributed by atoms with Crippen molar-refractivity contribution in [2.24, 2.45) is 23.7 Å². The fourth-order valence-electron chi connectivity index (χ4n) is 4.05. The molecule has 4 aliphatic rings. The average molecular weight is 210 g/mol. The maximum atomic E-state index is 9.18. The van der Waals surface area contributed by atoms with Crippen LogP contribution in [0.5, 0.6) is 0 Å². The van der Waals surface area contributed by atoms with Crippen molar-refractivity contribution >= 4 is 6.47 Å². The summed E-state index contributed by atoms with van der Waals surface area (Å²) < 4.78 is 4.15. The van der Waals surface area contributed by atoms with Crippen LogP contribution in [0.15, 0.2) is 0 Å². The summed E-state index contributed by atoms with van der Waals surface area (Å²) in [6.07, 6.45) is 9.62. The van der Waals surface area contributed by atoms with Crippen molar-refractivity contribution in [2.45, 2.75) is 45.4 Å². The van der Waals surface area contributed by atoms with Gasteiger partial charge in [-0.2, -0.15) is 0 Å². The van der Waals surface area contributed by atoms with Crippen molar-refractivity contribution < 1.29 is 9.53 Å². The summed E-state index contributed by atoms with van der Waals surface area (Å²) >= 11 is 0. The van der Waals surface area contributed by atoms with Gasteiger partial charge >= 0.3 is 0 Å². The van der Waals surface area contributed by atoms with Crippen LogP contribution >= 0.6 is 0 Å². The van der Waals surface area contributed by atoms with Gasteiger partial charge in [0.25, 0.3) is 6.47 Å². The van der Waals surface area contributed by atoms with E-state index in [4.69, 9.17) is 0 Å². The van der Waals surface area contributed by atoms with Gasteiger partial charge in [0, 0.05) is 0 Å². The van der Waals surface area contributed by atoms with Crippen LogP contribution in [0.25, 0.3) is 0 Å². The number of ether oxygens (including phenoxy) is 1. The molecule has 4 bridgehead atoms. The largest absolute Gasteiger partial charge is 0.468 e. The quantitative estimate of drug-likeness (QED) is 0.655. The van der Waals surface area contributed by atoms with Gasteiger partial charge in [-0.25, -0.2) is 0 Å². The van der Waals surface area contributed by atoms with Gasteiger partial charge in [0.05, 0.1) is 6.61 Å². The Morgan fingerprint density at radius 1 is 0.933 bits per heavy atom. The third-order valence-corrected chi connectivity index (χ3v) is 4.23. The van der Waals surface area contributed by atoms with E-state index in [1.807, 2.05) is 0 Å². The molecule has 4 rings (SSSR count). The van der Waals surface area contributed by atoms with Gasteiger partial charge in [-0.3, -0.25) is 4.79 Å². The Kier molecular flexibility index (Phi) is 3.66. The lowest BCUT2D eigenvalue weighted by molar-refractivity contribution is -0.128. The molecule has 0 aliphatic heterocycles. The molecule has 0 saturated heterocycles. The van der Waals surface area contributed by atoms with Gasteiger partial charge in [0.2, 0.25) is 0 Å². The number of hydrogen-bond donors (Lipinski definition) is 0. The number of hydrogen-bond acceptors (Lipinski definition) is 2. The van der Waals surface area contributed by atoms with E-state index in [9.17, 15) is 4.79 Å².